The van der Waals surface area contributed by atoms with Crippen molar-refractivity contribution in [3.63, 3.8) is 0 Å². The Bertz CT molecular complexity index is 654. The molecular formula is C14H12FN3O2. The summed E-state index contributed by atoms with van der Waals surface area (Å²) in [6.07, 6.45) is 0. The van der Waals surface area contributed by atoms with Crippen molar-refractivity contribution < 1.29 is 9.31 Å². The number of benzene rings is 2. The molecule has 0 aromatic heterocycles. The quantitative estimate of drug-likeness (QED) is 0.526. The third-order valence-corrected chi connectivity index (χ3v) is 2.69. The highest BCUT2D eigenvalue weighted by Gasteiger charge is 2.05. The number of rotatable bonds is 4. The Hall–Kier alpha value is -2.76. The third kappa shape index (κ3) is 3.17. The van der Waals surface area contributed by atoms with Crippen molar-refractivity contribution in [3.8, 4) is 0 Å². The van der Waals surface area contributed by atoms with E-state index in [0.717, 1.165) is 0 Å². The number of nitrogens with one attached hydrogen (secondary N) is 1. The number of non-ortho nitro benzene ring substituents is 1. The molecular weight excluding hydrogens is 261 g/mol. The summed E-state index contributed by atoms with van der Waals surface area (Å²) < 4.78 is 13.5. The highest BCUT2D eigenvalue weighted by molar-refractivity contribution is 5.99. The summed E-state index contributed by atoms with van der Waals surface area (Å²) in [6, 6.07) is 12.1. The van der Waals surface area contributed by atoms with Gasteiger partial charge in [-0.2, -0.15) is 5.10 Å². The molecule has 2 aromatic carbocycles. The van der Waals surface area contributed by atoms with Crippen LogP contribution in [-0.4, -0.2) is 10.6 Å². The Morgan fingerprint density at radius 1 is 1.20 bits per heavy atom. The van der Waals surface area contributed by atoms with Gasteiger partial charge in [-0.15, -0.1) is 0 Å². The summed E-state index contributed by atoms with van der Waals surface area (Å²) in [7, 11) is 0. The van der Waals surface area contributed by atoms with Gasteiger partial charge >= 0.3 is 0 Å². The maximum Gasteiger partial charge on any atom is 0.269 e. The zero-order valence-corrected chi connectivity index (χ0v) is 10.7. The van der Waals surface area contributed by atoms with Gasteiger partial charge in [-0.3, -0.25) is 15.5 Å². The van der Waals surface area contributed by atoms with Crippen LogP contribution in [0.2, 0.25) is 0 Å². The molecule has 0 heterocycles. The molecule has 0 amide bonds. The second kappa shape index (κ2) is 5.92. The highest BCUT2D eigenvalue weighted by Crippen LogP contribution is 2.15. The molecule has 0 bridgehead atoms. The minimum atomic E-state index is -0.475. The molecule has 0 unspecified atom stereocenters. The molecule has 0 saturated heterocycles. The van der Waals surface area contributed by atoms with E-state index < -0.39 is 4.92 Å². The Labute approximate surface area is 114 Å². The lowest BCUT2D eigenvalue weighted by atomic mass is 10.1. The molecule has 1 N–H and O–H groups in total. The van der Waals surface area contributed by atoms with Gasteiger partial charge in [0.1, 0.15) is 5.82 Å². The van der Waals surface area contributed by atoms with Crippen LogP contribution in [0.4, 0.5) is 15.8 Å². The SMILES string of the molecule is C/C(=N\Nc1ccc([N+](=O)[O-])cc1)c1ccccc1F. The average molecular weight is 273 g/mol. The Kier molecular flexibility index (Phi) is 4.05. The van der Waals surface area contributed by atoms with Crippen molar-refractivity contribution in [2.24, 2.45) is 5.10 Å². The van der Waals surface area contributed by atoms with Crippen molar-refractivity contribution in [3.05, 3.63) is 70.0 Å². The fraction of sp³-hybridized carbons (Fsp3) is 0.0714. The molecule has 0 aliphatic heterocycles. The summed E-state index contributed by atoms with van der Waals surface area (Å²) >= 11 is 0. The zero-order chi connectivity index (χ0) is 14.5. The van der Waals surface area contributed by atoms with Crippen molar-refractivity contribution in [2.75, 3.05) is 5.43 Å². The van der Waals surface area contributed by atoms with Crippen molar-refractivity contribution in [2.45, 2.75) is 6.92 Å². The first kappa shape index (κ1) is 13.7. The number of hydrazone groups is 1. The topological polar surface area (TPSA) is 67.5 Å². The summed E-state index contributed by atoms with van der Waals surface area (Å²) in [6.45, 7) is 1.68. The number of halogens is 1. The summed E-state index contributed by atoms with van der Waals surface area (Å²) in [5, 5.41) is 14.6. The van der Waals surface area contributed by atoms with E-state index in [2.05, 4.69) is 10.5 Å². The fourth-order valence-electron chi connectivity index (χ4n) is 1.62. The van der Waals surface area contributed by atoms with Gasteiger partial charge in [0.05, 0.1) is 16.3 Å². The summed E-state index contributed by atoms with van der Waals surface area (Å²) in [5.41, 5.74) is 4.22. The van der Waals surface area contributed by atoms with E-state index in [1.165, 1.54) is 30.3 Å². The summed E-state index contributed by atoms with van der Waals surface area (Å²) in [5.74, 6) is -0.348. The van der Waals surface area contributed by atoms with Gasteiger partial charge in [0.15, 0.2) is 0 Å². The van der Waals surface area contributed by atoms with Gasteiger partial charge < -0.3 is 0 Å². The third-order valence-electron chi connectivity index (χ3n) is 2.69. The van der Waals surface area contributed by atoms with Crippen molar-refractivity contribution in [1.29, 1.82) is 0 Å². The lowest BCUT2D eigenvalue weighted by Gasteiger charge is -2.04. The number of nitrogens with zero attached hydrogens (tertiary/aromatic N) is 2. The molecule has 0 aliphatic carbocycles. The first-order valence-corrected chi connectivity index (χ1v) is 5.87. The van der Waals surface area contributed by atoms with E-state index in [9.17, 15) is 14.5 Å². The van der Waals surface area contributed by atoms with Gasteiger partial charge in [-0.1, -0.05) is 18.2 Å². The van der Waals surface area contributed by atoms with Gasteiger partial charge in [-0.05, 0) is 25.1 Å². The molecule has 5 nitrogen and oxygen atoms in total. The van der Waals surface area contributed by atoms with E-state index in [0.29, 0.717) is 17.0 Å². The van der Waals surface area contributed by atoms with Crippen LogP contribution in [0, 0.1) is 15.9 Å². The molecule has 0 fully saturated rings. The predicted octanol–water partition coefficient (Wildman–Crippen LogP) is 3.57. The standard InChI is InChI=1S/C14H12FN3O2/c1-10(13-4-2-3-5-14(13)15)16-17-11-6-8-12(9-7-11)18(19)20/h2-9,17H,1H3/b16-10+. The molecule has 2 aromatic rings. The van der Waals surface area contributed by atoms with Crippen molar-refractivity contribution in [1.82, 2.24) is 0 Å². The molecule has 20 heavy (non-hydrogen) atoms. The van der Waals surface area contributed by atoms with E-state index in [1.54, 1.807) is 25.1 Å². The zero-order valence-electron chi connectivity index (χ0n) is 10.7. The largest absolute Gasteiger partial charge is 0.278 e. The number of anilines is 1. The molecule has 0 aliphatic rings. The van der Waals surface area contributed by atoms with Crippen LogP contribution in [0.15, 0.2) is 53.6 Å². The fourth-order valence-corrected chi connectivity index (χ4v) is 1.62. The van der Waals surface area contributed by atoms with Crippen LogP contribution in [0.5, 0.6) is 0 Å². The lowest BCUT2D eigenvalue weighted by Crippen LogP contribution is -2.02. The minimum absolute atomic E-state index is 0.00496. The van der Waals surface area contributed by atoms with Crippen LogP contribution in [0.25, 0.3) is 0 Å². The van der Waals surface area contributed by atoms with E-state index in [-0.39, 0.29) is 11.5 Å². The van der Waals surface area contributed by atoms with Gasteiger partial charge in [0, 0.05) is 17.7 Å². The van der Waals surface area contributed by atoms with Gasteiger partial charge in [-0.25, -0.2) is 4.39 Å². The predicted molar refractivity (Wildman–Crippen MR) is 75.3 cm³/mol. The first-order chi connectivity index (χ1) is 9.58. The maximum atomic E-state index is 13.5. The Morgan fingerprint density at radius 2 is 1.85 bits per heavy atom. The molecule has 6 heteroatoms. The first-order valence-electron chi connectivity index (χ1n) is 5.87. The highest BCUT2D eigenvalue weighted by atomic mass is 19.1. The molecule has 102 valence electrons. The smallest absolute Gasteiger partial charge is 0.269 e. The molecule has 0 saturated carbocycles. The van der Waals surface area contributed by atoms with Crippen LogP contribution in [-0.2, 0) is 0 Å². The maximum absolute atomic E-state index is 13.5. The van der Waals surface area contributed by atoms with E-state index in [4.69, 9.17) is 0 Å². The number of hydrogen-bond donors (Lipinski definition) is 1. The normalized spacial score (nSPS) is 11.2. The number of nitro benzene ring substituents is 1. The minimum Gasteiger partial charge on any atom is -0.278 e. The van der Waals surface area contributed by atoms with Crippen LogP contribution in [0.3, 0.4) is 0 Å². The Morgan fingerprint density at radius 3 is 2.45 bits per heavy atom. The van der Waals surface area contributed by atoms with E-state index in [1.807, 2.05) is 0 Å². The van der Waals surface area contributed by atoms with Gasteiger partial charge in [0.2, 0.25) is 0 Å². The monoisotopic (exact) mass is 273 g/mol. The van der Waals surface area contributed by atoms with Crippen molar-refractivity contribution >= 4 is 17.1 Å². The van der Waals surface area contributed by atoms with Crippen LogP contribution >= 0.6 is 0 Å². The van der Waals surface area contributed by atoms with E-state index >= 15 is 0 Å². The second-order valence-electron chi connectivity index (χ2n) is 4.09. The molecule has 2 rings (SSSR count). The number of nitro groups is 1. The molecule has 0 spiro atoms. The molecule has 0 radical (unpaired) electrons. The van der Waals surface area contributed by atoms with Gasteiger partial charge in [0.25, 0.3) is 5.69 Å². The van der Waals surface area contributed by atoms with Crippen LogP contribution < -0.4 is 5.43 Å². The molecule has 0 atom stereocenters. The second-order valence-corrected chi connectivity index (χ2v) is 4.09. The summed E-state index contributed by atoms with van der Waals surface area (Å²) in [4.78, 5) is 10.0. The van der Waals surface area contributed by atoms with Crippen LogP contribution in [0.1, 0.15) is 12.5 Å². The Balaban J connectivity index is 2.13. The average Bonchev–Trinajstić information content (AvgIpc) is 2.45. The lowest BCUT2D eigenvalue weighted by molar-refractivity contribution is -0.384. The number of hydrogen-bond acceptors (Lipinski definition) is 4.